The van der Waals surface area contributed by atoms with Gasteiger partial charge in [-0.15, -0.1) is 0 Å². The van der Waals surface area contributed by atoms with Gasteiger partial charge in [-0.25, -0.2) is 4.39 Å². The first-order valence-corrected chi connectivity index (χ1v) is 6.21. The van der Waals surface area contributed by atoms with Gasteiger partial charge < -0.3 is 15.8 Å². The second kappa shape index (κ2) is 6.06. The van der Waals surface area contributed by atoms with Crippen molar-refractivity contribution in [1.29, 1.82) is 0 Å². The fraction of sp³-hybridized carbons (Fsp3) is 0.133. The average Bonchev–Trinajstić information content (AvgIpc) is 2.39. The van der Waals surface area contributed by atoms with Crippen LogP contribution in [0.4, 0.5) is 10.1 Å². The standard InChI is InChI=1S/C15H15FN2O2/c1-2-18-15(19)13-7-6-11(17)9-14(13)20-12-5-3-4-10(16)8-12/h3-9H,2,17H2,1H3,(H,18,19). The number of nitrogens with two attached hydrogens (primary N) is 1. The lowest BCUT2D eigenvalue weighted by Crippen LogP contribution is -2.23. The van der Waals surface area contributed by atoms with Gasteiger partial charge >= 0.3 is 0 Å². The number of hydrogen-bond donors (Lipinski definition) is 2. The van der Waals surface area contributed by atoms with Gasteiger partial charge in [-0.05, 0) is 31.2 Å². The second-order valence-corrected chi connectivity index (χ2v) is 4.17. The Bertz CT molecular complexity index is 629. The summed E-state index contributed by atoms with van der Waals surface area (Å²) in [5.41, 5.74) is 6.51. The quantitative estimate of drug-likeness (QED) is 0.842. The van der Waals surface area contributed by atoms with Crippen molar-refractivity contribution in [3.63, 3.8) is 0 Å². The van der Waals surface area contributed by atoms with Crippen molar-refractivity contribution in [2.45, 2.75) is 6.92 Å². The minimum Gasteiger partial charge on any atom is -0.456 e. The highest BCUT2D eigenvalue weighted by Gasteiger charge is 2.13. The Morgan fingerprint density at radius 1 is 1.30 bits per heavy atom. The largest absolute Gasteiger partial charge is 0.456 e. The molecule has 0 aliphatic heterocycles. The summed E-state index contributed by atoms with van der Waals surface area (Å²) >= 11 is 0. The van der Waals surface area contributed by atoms with E-state index in [9.17, 15) is 9.18 Å². The zero-order valence-corrected chi connectivity index (χ0v) is 11.0. The number of carbonyl (C=O) groups is 1. The fourth-order valence-corrected chi connectivity index (χ4v) is 1.72. The molecule has 104 valence electrons. The lowest BCUT2D eigenvalue weighted by Gasteiger charge is -2.11. The Morgan fingerprint density at radius 3 is 2.80 bits per heavy atom. The van der Waals surface area contributed by atoms with Gasteiger partial charge in [0, 0.05) is 24.4 Å². The number of amides is 1. The highest BCUT2D eigenvalue weighted by molar-refractivity contribution is 5.97. The Balaban J connectivity index is 2.34. The Labute approximate surface area is 116 Å². The monoisotopic (exact) mass is 274 g/mol. The molecular weight excluding hydrogens is 259 g/mol. The lowest BCUT2D eigenvalue weighted by atomic mass is 10.1. The molecule has 0 aliphatic rings. The van der Waals surface area contributed by atoms with Crippen LogP contribution in [0.2, 0.25) is 0 Å². The number of ether oxygens (including phenoxy) is 1. The molecule has 2 aromatic rings. The lowest BCUT2D eigenvalue weighted by molar-refractivity contribution is 0.0953. The molecule has 1 amide bonds. The molecule has 0 aromatic heterocycles. The van der Waals surface area contributed by atoms with E-state index in [-0.39, 0.29) is 5.91 Å². The molecule has 3 N–H and O–H groups in total. The molecule has 0 bridgehead atoms. The second-order valence-electron chi connectivity index (χ2n) is 4.17. The van der Waals surface area contributed by atoms with E-state index in [1.54, 1.807) is 18.2 Å². The molecule has 0 saturated heterocycles. The Morgan fingerprint density at radius 2 is 2.10 bits per heavy atom. The van der Waals surface area contributed by atoms with Gasteiger partial charge in [-0.2, -0.15) is 0 Å². The maximum atomic E-state index is 13.1. The van der Waals surface area contributed by atoms with Gasteiger partial charge in [0.15, 0.2) is 0 Å². The van der Waals surface area contributed by atoms with E-state index in [1.807, 2.05) is 6.92 Å². The predicted molar refractivity (Wildman–Crippen MR) is 75.3 cm³/mol. The van der Waals surface area contributed by atoms with E-state index < -0.39 is 5.82 Å². The van der Waals surface area contributed by atoms with E-state index in [4.69, 9.17) is 10.5 Å². The summed E-state index contributed by atoms with van der Waals surface area (Å²) in [6.07, 6.45) is 0. The first-order valence-electron chi connectivity index (χ1n) is 6.21. The number of benzene rings is 2. The number of anilines is 1. The number of carbonyl (C=O) groups excluding carboxylic acids is 1. The van der Waals surface area contributed by atoms with Crippen molar-refractivity contribution in [3.8, 4) is 11.5 Å². The van der Waals surface area contributed by atoms with E-state index in [1.165, 1.54) is 24.3 Å². The maximum Gasteiger partial charge on any atom is 0.255 e. The van der Waals surface area contributed by atoms with Crippen LogP contribution in [-0.4, -0.2) is 12.5 Å². The summed E-state index contributed by atoms with van der Waals surface area (Å²) in [7, 11) is 0. The number of nitrogens with one attached hydrogen (secondary N) is 1. The summed E-state index contributed by atoms with van der Waals surface area (Å²) in [4.78, 5) is 11.9. The average molecular weight is 274 g/mol. The molecule has 0 radical (unpaired) electrons. The van der Waals surface area contributed by atoms with Crippen LogP contribution in [0.3, 0.4) is 0 Å². The van der Waals surface area contributed by atoms with Crippen LogP contribution in [0.5, 0.6) is 11.5 Å². The molecule has 0 aliphatic carbocycles. The van der Waals surface area contributed by atoms with Gasteiger partial charge in [0.25, 0.3) is 5.91 Å². The van der Waals surface area contributed by atoms with Crippen molar-refractivity contribution in [1.82, 2.24) is 5.32 Å². The summed E-state index contributed by atoms with van der Waals surface area (Å²) < 4.78 is 18.7. The van der Waals surface area contributed by atoms with E-state index in [0.29, 0.717) is 29.3 Å². The number of rotatable bonds is 4. The van der Waals surface area contributed by atoms with Crippen LogP contribution in [-0.2, 0) is 0 Å². The van der Waals surface area contributed by atoms with E-state index in [0.717, 1.165) is 0 Å². The third-order valence-corrected chi connectivity index (χ3v) is 2.61. The highest BCUT2D eigenvalue weighted by Crippen LogP contribution is 2.28. The zero-order valence-electron chi connectivity index (χ0n) is 11.0. The van der Waals surface area contributed by atoms with Gasteiger partial charge in [0.2, 0.25) is 0 Å². The van der Waals surface area contributed by atoms with Crippen LogP contribution in [0.15, 0.2) is 42.5 Å². The van der Waals surface area contributed by atoms with Crippen molar-refractivity contribution in [2.24, 2.45) is 0 Å². The van der Waals surface area contributed by atoms with Crippen LogP contribution in [0.25, 0.3) is 0 Å². The molecule has 0 atom stereocenters. The fourth-order valence-electron chi connectivity index (χ4n) is 1.72. The minimum absolute atomic E-state index is 0.265. The molecular formula is C15H15FN2O2. The molecule has 4 nitrogen and oxygen atoms in total. The molecule has 0 spiro atoms. The number of nitrogen functional groups attached to an aromatic ring is 1. The van der Waals surface area contributed by atoms with E-state index >= 15 is 0 Å². The van der Waals surface area contributed by atoms with Gasteiger partial charge in [-0.1, -0.05) is 6.07 Å². The Kier molecular flexibility index (Phi) is 4.20. The van der Waals surface area contributed by atoms with Crippen molar-refractivity contribution in [3.05, 3.63) is 53.8 Å². The third-order valence-electron chi connectivity index (χ3n) is 2.61. The first kappa shape index (κ1) is 13.9. The molecule has 0 unspecified atom stereocenters. The summed E-state index contributed by atoms with van der Waals surface area (Å²) in [6, 6.07) is 10.4. The van der Waals surface area contributed by atoms with Gasteiger partial charge in [0.1, 0.15) is 17.3 Å². The summed E-state index contributed by atoms with van der Waals surface area (Å²) in [5.74, 6) is -0.0763. The Hall–Kier alpha value is -2.56. The normalized spacial score (nSPS) is 10.1. The van der Waals surface area contributed by atoms with Crippen LogP contribution in [0, 0.1) is 5.82 Å². The minimum atomic E-state index is -0.411. The molecule has 0 fully saturated rings. The topological polar surface area (TPSA) is 64.4 Å². The van der Waals surface area contributed by atoms with Gasteiger partial charge in [-0.3, -0.25) is 4.79 Å². The zero-order chi connectivity index (χ0) is 14.5. The summed E-state index contributed by atoms with van der Waals surface area (Å²) in [5, 5.41) is 2.69. The number of hydrogen-bond acceptors (Lipinski definition) is 3. The first-order chi connectivity index (χ1) is 9.60. The molecule has 5 heteroatoms. The van der Waals surface area contributed by atoms with E-state index in [2.05, 4.69) is 5.32 Å². The van der Waals surface area contributed by atoms with Crippen LogP contribution < -0.4 is 15.8 Å². The van der Waals surface area contributed by atoms with Gasteiger partial charge in [0.05, 0.1) is 5.56 Å². The third kappa shape index (κ3) is 3.26. The summed E-state index contributed by atoms with van der Waals surface area (Å²) in [6.45, 7) is 2.32. The van der Waals surface area contributed by atoms with Crippen molar-refractivity contribution in [2.75, 3.05) is 12.3 Å². The number of halogens is 1. The SMILES string of the molecule is CCNC(=O)c1ccc(N)cc1Oc1cccc(F)c1. The van der Waals surface area contributed by atoms with Crippen molar-refractivity contribution >= 4 is 11.6 Å². The van der Waals surface area contributed by atoms with Crippen LogP contribution >= 0.6 is 0 Å². The molecule has 0 saturated carbocycles. The molecule has 20 heavy (non-hydrogen) atoms. The maximum absolute atomic E-state index is 13.1. The smallest absolute Gasteiger partial charge is 0.255 e. The van der Waals surface area contributed by atoms with Crippen LogP contribution in [0.1, 0.15) is 17.3 Å². The van der Waals surface area contributed by atoms with Crippen molar-refractivity contribution < 1.29 is 13.9 Å². The molecule has 2 aromatic carbocycles. The molecule has 0 heterocycles. The highest BCUT2D eigenvalue weighted by atomic mass is 19.1. The molecule has 2 rings (SSSR count). The predicted octanol–water partition coefficient (Wildman–Crippen LogP) is 2.95.